The standard InChI is InChI=1S/C15H12BrN3OS/c1-8-2-5-12-13(6-8)21-15(18-12)19-14(20)10-7-9(17)3-4-11(10)16/h2-7H,17H2,1H3,(H,18,19,20). The molecule has 6 heteroatoms. The summed E-state index contributed by atoms with van der Waals surface area (Å²) in [4.78, 5) is 16.7. The molecule has 0 radical (unpaired) electrons. The molecule has 3 N–H and O–H groups in total. The molecular formula is C15H12BrN3OS. The molecule has 1 aromatic heterocycles. The van der Waals surface area contributed by atoms with Crippen molar-refractivity contribution >= 4 is 54.2 Å². The first-order valence-corrected chi connectivity index (χ1v) is 7.87. The number of nitrogens with zero attached hydrogens (tertiary/aromatic N) is 1. The lowest BCUT2D eigenvalue weighted by Crippen LogP contribution is -2.12. The van der Waals surface area contributed by atoms with Gasteiger partial charge < -0.3 is 5.73 Å². The summed E-state index contributed by atoms with van der Waals surface area (Å²) in [6.07, 6.45) is 0. The lowest BCUT2D eigenvalue weighted by Gasteiger charge is -2.05. The highest BCUT2D eigenvalue weighted by Crippen LogP contribution is 2.28. The maximum absolute atomic E-state index is 12.3. The third kappa shape index (κ3) is 2.91. The van der Waals surface area contributed by atoms with Crippen LogP contribution in [0.2, 0.25) is 0 Å². The predicted octanol–water partition coefficient (Wildman–Crippen LogP) is 4.20. The maximum Gasteiger partial charge on any atom is 0.258 e. The summed E-state index contributed by atoms with van der Waals surface area (Å²) in [5.74, 6) is -0.232. The quantitative estimate of drug-likeness (QED) is 0.672. The highest BCUT2D eigenvalue weighted by molar-refractivity contribution is 9.10. The molecule has 0 unspecified atom stereocenters. The zero-order chi connectivity index (χ0) is 15.0. The van der Waals surface area contributed by atoms with E-state index in [1.807, 2.05) is 19.1 Å². The van der Waals surface area contributed by atoms with Crippen LogP contribution < -0.4 is 11.1 Å². The minimum absolute atomic E-state index is 0.232. The van der Waals surface area contributed by atoms with Gasteiger partial charge in [0, 0.05) is 10.2 Å². The number of fused-ring (bicyclic) bond motifs is 1. The summed E-state index contributed by atoms with van der Waals surface area (Å²) in [5, 5.41) is 3.40. The molecule has 3 aromatic rings. The van der Waals surface area contributed by atoms with Crippen LogP contribution in [-0.4, -0.2) is 10.9 Å². The first-order chi connectivity index (χ1) is 10.0. The van der Waals surface area contributed by atoms with Gasteiger partial charge in [0.1, 0.15) is 0 Å². The van der Waals surface area contributed by atoms with Crippen molar-refractivity contribution in [2.75, 3.05) is 11.1 Å². The van der Waals surface area contributed by atoms with E-state index in [0.29, 0.717) is 20.9 Å². The van der Waals surface area contributed by atoms with Crippen LogP contribution in [0.25, 0.3) is 10.2 Å². The number of nitrogens with two attached hydrogens (primary N) is 1. The Morgan fingerprint density at radius 3 is 2.90 bits per heavy atom. The van der Waals surface area contributed by atoms with Crippen molar-refractivity contribution in [1.82, 2.24) is 4.98 Å². The second-order valence-electron chi connectivity index (χ2n) is 4.68. The number of hydrogen-bond acceptors (Lipinski definition) is 4. The summed E-state index contributed by atoms with van der Waals surface area (Å²) in [5.41, 5.74) is 8.81. The first kappa shape index (κ1) is 14.0. The predicted molar refractivity (Wildman–Crippen MR) is 90.9 cm³/mol. The highest BCUT2D eigenvalue weighted by atomic mass is 79.9. The zero-order valence-corrected chi connectivity index (χ0v) is 13.6. The van der Waals surface area contributed by atoms with Crippen molar-refractivity contribution in [3.05, 3.63) is 52.0 Å². The van der Waals surface area contributed by atoms with Gasteiger partial charge in [0.25, 0.3) is 5.91 Å². The molecule has 0 bridgehead atoms. The lowest BCUT2D eigenvalue weighted by molar-refractivity contribution is 0.102. The van der Waals surface area contributed by atoms with E-state index >= 15 is 0 Å². The molecule has 0 aliphatic rings. The number of thiazole rings is 1. The summed E-state index contributed by atoms with van der Waals surface area (Å²) in [6, 6.07) is 11.1. The van der Waals surface area contributed by atoms with Crippen LogP contribution in [0.5, 0.6) is 0 Å². The number of carbonyl (C=O) groups is 1. The molecule has 106 valence electrons. The fourth-order valence-corrected chi connectivity index (χ4v) is 3.35. The Hall–Kier alpha value is -1.92. The van der Waals surface area contributed by atoms with Gasteiger partial charge >= 0.3 is 0 Å². The van der Waals surface area contributed by atoms with Gasteiger partial charge in [0.05, 0.1) is 15.8 Å². The van der Waals surface area contributed by atoms with E-state index in [2.05, 4.69) is 32.3 Å². The van der Waals surface area contributed by atoms with Gasteiger partial charge in [-0.05, 0) is 58.7 Å². The minimum Gasteiger partial charge on any atom is -0.399 e. The second kappa shape index (κ2) is 5.46. The fraction of sp³-hybridized carbons (Fsp3) is 0.0667. The van der Waals surface area contributed by atoms with Gasteiger partial charge in [-0.1, -0.05) is 17.4 Å². The molecule has 0 spiro atoms. The van der Waals surface area contributed by atoms with Crippen LogP contribution in [0.15, 0.2) is 40.9 Å². The molecular weight excluding hydrogens is 350 g/mol. The Kier molecular flexibility index (Phi) is 3.65. The SMILES string of the molecule is Cc1ccc2nc(NC(=O)c3cc(N)ccc3Br)sc2c1. The molecule has 3 rings (SSSR count). The number of halogens is 1. The van der Waals surface area contributed by atoms with Crippen LogP contribution in [0, 0.1) is 6.92 Å². The van der Waals surface area contributed by atoms with Crippen molar-refractivity contribution in [2.45, 2.75) is 6.92 Å². The van der Waals surface area contributed by atoms with E-state index in [1.165, 1.54) is 16.9 Å². The van der Waals surface area contributed by atoms with Gasteiger partial charge in [0.15, 0.2) is 5.13 Å². The third-order valence-corrected chi connectivity index (χ3v) is 4.62. The summed E-state index contributed by atoms with van der Waals surface area (Å²) in [6.45, 7) is 2.03. The van der Waals surface area contributed by atoms with E-state index < -0.39 is 0 Å². The molecule has 0 saturated heterocycles. The topological polar surface area (TPSA) is 68.0 Å². The van der Waals surface area contributed by atoms with E-state index in [-0.39, 0.29) is 5.91 Å². The molecule has 0 saturated carbocycles. The van der Waals surface area contributed by atoms with E-state index in [0.717, 1.165) is 10.2 Å². The van der Waals surface area contributed by atoms with Crippen molar-refractivity contribution < 1.29 is 4.79 Å². The Labute approximate surface area is 134 Å². The molecule has 2 aromatic carbocycles. The second-order valence-corrected chi connectivity index (χ2v) is 6.57. The van der Waals surface area contributed by atoms with Crippen LogP contribution in [0.1, 0.15) is 15.9 Å². The van der Waals surface area contributed by atoms with Gasteiger partial charge in [-0.3, -0.25) is 10.1 Å². The number of anilines is 2. The molecule has 0 atom stereocenters. The molecule has 0 aliphatic carbocycles. The monoisotopic (exact) mass is 361 g/mol. The smallest absolute Gasteiger partial charge is 0.258 e. The zero-order valence-electron chi connectivity index (χ0n) is 11.2. The first-order valence-electron chi connectivity index (χ1n) is 6.26. The highest BCUT2D eigenvalue weighted by Gasteiger charge is 2.13. The van der Waals surface area contributed by atoms with Gasteiger partial charge in [0.2, 0.25) is 0 Å². The van der Waals surface area contributed by atoms with Crippen LogP contribution in [0.4, 0.5) is 10.8 Å². The van der Waals surface area contributed by atoms with Crippen LogP contribution in [-0.2, 0) is 0 Å². The Bertz CT molecular complexity index is 844. The van der Waals surface area contributed by atoms with Gasteiger partial charge in [-0.15, -0.1) is 0 Å². The molecule has 0 fully saturated rings. The third-order valence-electron chi connectivity index (χ3n) is 3.00. The number of benzene rings is 2. The van der Waals surface area contributed by atoms with Crippen molar-refractivity contribution in [2.24, 2.45) is 0 Å². The van der Waals surface area contributed by atoms with E-state index in [4.69, 9.17) is 5.73 Å². The number of carbonyl (C=O) groups excluding carboxylic acids is 1. The minimum atomic E-state index is -0.232. The average Bonchev–Trinajstić information content (AvgIpc) is 2.82. The van der Waals surface area contributed by atoms with Crippen molar-refractivity contribution in [3.63, 3.8) is 0 Å². The summed E-state index contributed by atoms with van der Waals surface area (Å²) < 4.78 is 1.75. The van der Waals surface area contributed by atoms with Gasteiger partial charge in [-0.2, -0.15) is 0 Å². The molecule has 21 heavy (non-hydrogen) atoms. The fourth-order valence-electron chi connectivity index (χ4n) is 1.97. The van der Waals surface area contributed by atoms with Crippen molar-refractivity contribution in [3.8, 4) is 0 Å². The average molecular weight is 362 g/mol. The molecule has 1 heterocycles. The molecule has 4 nitrogen and oxygen atoms in total. The Morgan fingerprint density at radius 1 is 1.29 bits per heavy atom. The molecule has 1 amide bonds. The number of nitrogen functional groups attached to an aromatic ring is 1. The van der Waals surface area contributed by atoms with E-state index in [9.17, 15) is 4.79 Å². The summed E-state index contributed by atoms with van der Waals surface area (Å²) in [7, 11) is 0. The lowest BCUT2D eigenvalue weighted by atomic mass is 10.2. The van der Waals surface area contributed by atoms with Crippen molar-refractivity contribution in [1.29, 1.82) is 0 Å². The molecule has 0 aliphatic heterocycles. The van der Waals surface area contributed by atoms with Crippen LogP contribution >= 0.6 is 27.3 Å². The Balaban J connectivity index is 1.90. The number of aryl methyl sites for hydroxylation is 1. The van der Waals surface area contributed by atoms with Crippen LogP contribution in [0.3, 0.4) is 0 Å². The summed E-state index contributed by atoms with van der Waals surface area (Å²) >= 11 is 4.81. The number of aromatic nitrogens is 1. The number of rotatable bonds is 2. The van der Waals surface area contributed by atoms with Gasteiger partial charge in [-0.25, -0.2) is 4.98 Å². The van der Waals surface area contributed by atoms with E-state index in [1.54, 1.807) is 18.2 Å². The Morgan fingerprint density at radius 2 is 2.10 bits per heavy atom. The normalized spacial score (nSPS) is 10.8. The number of amides is 1. The number of hydrogen-bond donors (Lipinski definition) is 2. The maximum atomic E-state index is 12.3. The largest absolute Gasteiger partial charge is 0.399 e. The number of nitrogens with one attached hydrogen (secondary N) is 1.